The Labute approximate surface area is 164 Å². The van der Waals surface area contributed by atoms with Crippen molar-refractivity contribution in [2.75, 3.05) is 6.61 Å². The zero-order valence-corrected chi connectivity index (χ0v) is 15.5. The highest BCUT2D eigenvalue weighted by molar-refractivity contribution is 7.13. The van der Waals surface area contributed by atoms with Gasteiger partial charge in [-0.3, -0.25) is 4.79 Å². The molecule has 0 saturated heterocycles. The lowest BCUT2D eigenvalue weighted by Crippen LogP contribution is -2.24. The van der Waals surface area contributed by atoms with Gasteiger partial charge in [-0.2, -0.15) is 10.4 Å². The first-order valence-corrected chi connectivity index (χ1v) is 9.06. The molecule has 1 amide bonds. The molecule has 3 aromatic rings. The Bertz CT molecular complexity index is 992. The van der Waals surface area contributed by atoms with Crippen LogP contribution in [0.25, 0.3) is 10.6 Å². The van der Waals surface area contributed by atoms with Crippen LogP contribution in [-0.4, -0.2) is 23.7 Å². The second-order valence-corrected chi connectivity index (χ2v) is 6.60. The number of nitriles is 1. The number of ether oxygens (including phenoxy) is 1. The lowest BCUT2D eigenvalue weighted by Gasteiger charge is -2.04. The van der Waals surface area contributed by atoms with Crippen LogP contribution in [0.5, 0.6) is 5.75 Å². The van der Waals surface area contributed by atoms with E-state index in [1.165, 1.54) is 17.6 Å². The monoisotopic (exact) mass is 396 g/mol. The quantitative estimate of drug-likeness (QED) is 0.506. The Kier molecular flexibility index (Phi) is 6.15. The third-order valence-electron chi connectivity index (χ3n) is 3.35. The Morgan fingerprint density at radius 2 is 2.00 bits per heavy atom. The summed E-state index contributed by atoms with van der Waals surface area (Å²) in [5, 5.41) is 16.0. The lowest BCUT2D eigenvalue weighted by molar-refractivity contribution is -0.123. The van der Waals surface area contributed by atoms with Gasteiger partial charge in [0, 0.05) is 16.0 Å². The number of benzene rings is 2. The van der Waals surface area contributed by atoms with E-state index < -0.39 is 5.91 Å². The maximum Gasteiger partial charge on any atom is 0.277 e. The van der Waals surface area contributed by atoms with Crippen LogP contribution >= 0.6 is 22.9 Å². The summed E-state index contributed by atoms with van der Waals surface area (Å²) in [6.07, 6.45) is 1.47. The van der Waals surface area contributed by atoms with E-state index in [2.05, 4.69) is 15.5 Å². The summed E-state index contributed by atoms with van der Waals surface area (Å²) >= 11 is 7.35. The molecule has 0 unspecified atom stereocenters. The Hall–Kier alpha value is -3.21. The van der Waals surface area contributed by atoms with Gasteiger partial charge < -0.3 is 4.74 Å². The van der Waals surface area contributed by atoms with Crippen molar-refractivity contribution in [3.05, 3.63) is 70.2 Å². The van der Waals surface area contributed by atoms with Crippen LogP contribution in [-0.2, 0) is 4.79 Å². The normalized spacial score (nSPS) is 10.5. The second-order valence-electron chi connectivity index (χ2n) is 5.30. The zero-order valence-electron chi connectivity index (χ0n) is 13.9. The predicted molar refractivity (Wildman–Crippen MR) is 105 cm³/mol. The van der Waals surface area contributed by atoms with Crippen molar-refractivity contribution < 1.29 is 9.53 Å². The molecule has 0 atom stereocenters. The minimum Gasteiger partial charge on any atom is -0.484 e. The number of amides is 1. The van der Waals surface area contributed by atoms with E-state index in [-0.39, 0.29) is 6.61 Å². The molecule has 2 aromatic carbocycles. The highest BCUT2D eigenvalue weighted by Crippen LogP contribution is 2.24. The van der Waals surface area contributed by atoms with Gasteiger partial charge in [-0.25, -0.2) is 10.4 Å². The Morgan fingerprint density at radius 1 is 1.26 bits per heavy atom. The van der Waals surface area contributed by atoms with Gasteiger partial charge in [-0.15, -0.1) is 11.3 Å². The van der Waals surface area contributed by atoms with Crippen molar-refractivity contribution in [1.29, 1.82) is 5.26 Å². The van der Waals surface area contributed by atoms with Crippen LogP contribution in [0.2, 0.25) is 5.02 Å². The van der Waals surface area contributed by atoms with Crippen LogP contribution in [0.15, 0.2) is 59.0 Å². The van der Waals surface area contributed by atoms with E-state index in [1.807, 2.05) is 23.6 Å². The maximum atomic E-state index is 11.8. The molecule has 134 valence electrons. The van der Waals surface area contributed by atoms with Gasteiger partial charge in [-0.1, -0.05) is 23.7 Å². The molecule has 0 aliphatic rings. The molecule has 0 spiro atoms. The summed E-state index contributed by atoms with van der Waals surface area (Å²) in [5.41, 5.74) is 4.51. The SMILES string of the molecule is N#Cc1ccc(OCC(=O)N/N=C\c2csc(-c3ccc(Cl)cc3)n2)cc1. The van der Waals surface area contributed by atoms with E-state index in [0.29, 0.717) is 22.0 Å². The first-order valence-electron chi connectivity index (χ1n) is 7.80. The summed E-state index contributed by atoms with van der Waals surface area (Å²) < 4.78 is 5.32. The second kappa shape index (κ2) is 8.94. The lowest BCUT2D eigenvalue weighted by atomic mass is 10.2. The smallest absolute Gasteiger partial charge is 0.277 e. The van der Waals surface area contributed by atoms with Gasteiger partial charge in [0.1, 0.15) is 10.8 Å². The minimum absolute atomic E-state index is 0.184. The molecule has 0 fully saturated rings. The molecular weight excluding hydrogens is 384 g/mol. The summed E-state index contributed by atoms with van der Waals surface area (Å²) in [6.45, 7) is -0.184. The van der Waals surface area contributed by atoms with Gasteiger partial charge >= 0.3 is 0 Å². The first-order chi connectivity index (χ1) is 13.1. The van der Waals surface area contributed by atoms with Crippen molar-refractivity contribution in [1.82, 2.24) is 10.4 Å². The average Bonchev–Trinajstić information content (AvgIpc) is 3.16. The maximum absolute atomic E-state index is 11.8. The molecule has 0 aliphatic heterocycles. The highest BCUT2D eigenvalue weighted by Gasteiger charge is 2.04. The zero-order chi connectivity index (χ0) is 19.1. The number of carbonyl (C=O) groups excluding carboxylic acids is 1. The molecule has 0 radical (unpaired) electrons. The van der Waals surface area contributed by atoms with Crippen molar-refractivity contribution in [2.45, 2.75) is 0 Å². The Morgan fingerprint density at radius 3 is 2.70 bits per heavy atom. The standard InChI is InChI=1S/C19H13ClN4O2S/c20-15-5-3-14(4-6-15)19-23-16(12-27-19)10-22-24-18(25)11-26-17-7-1-13(9-21)2-8-17/h1-8,10,12H,11H2,(H,24,25)/b22-10-. The fourth-order valence-electron chi connectivity index (χ4n) is 2.05. The first kappa shape index (κ1) is 18.6. The highest BCUT2D eigenvalue weighted by atomic mass is 35.5. The number of nitrogens with zero attached hydrogens (tertiary/aromatic N) is 3. The molecule has 1 aromatic heterocycles. The van der Waals surface area contributed by atoms with Crippen LogP contribution in [0.3, 0.4) is 0 Å². The molecule has 27 heavy (non-hydrogen) atoms. The van der Waals surface area contributed by atoms with E-state index in [4.69, 9.17) is 21.6 Å². The third-order valence-corrected chi connectivity index (χ3v) is 4.51. The predicted octanol–water partition coefficient (Wildman–Crippen LogP) is 3.86. The van der Waals surface area contributed by atoms with E-state index in [9.17, 15) is 4.79 Å². The number of halogens is 1. The van der Waals surface area contributed by atoms with Gasteiger partial charge in [0.2, 0.25) is 0 Å². The topological polar surface area (TPSA) is 87.4 Å². The van der Waals surface area contributed by atoms with Gasteiger partial charge in [0.25, 0.3) is 5.91 Å². The molecular formula is C19H13ClN4O2S. The van der Waals surface area contributed by atoms with Crippen LogP contribution in [0.4, 0.5) is 0 Å². The van der Waals surface area contributed by atoms with E-state index >= 15 is 0 Å². The molecule has 0 aliphatic carbocycles. The van der Waals surface area contributed by atoms with Crippen molar-refractivity contribution in [3.8, 4) is 22.4 Å². The average molecular weight is 397 g/mol. The Balaban J connectivity index is 1.49. The number of hydrogen-bond donors (Lipinski definition) is 1. The van der Waals surface area contributed by atoms with Crippen molar-refractivity contribution in [2.24, 2.45) is 5.10 Å². The fraction of sp³-hybridized carbons (Fsp3) is 0.0526. The van der Waals surface area contributed by atoms with E-state index in [0.717, 1.165) is 10.6 Å². The van der Waals surface area contributed by atoms with Gasteiger partial charge in [-0.05, 0) is 36.4 Å². The van der Waals surface area contributed by atoms with Crippen LogP contribution in [0.1, 0.15) is 11.3 Å². The van der Waals surface area contributed by atoms with Crippen LogP contribution < -0.4 is 10.2 Å². The molecule has 0 bridgehead atoms. The molecule has 0 saturated carbocycles. The number of hydrogen-bond acceptors (Lipinski definition) is 6. The summed E-state index contributed by atoms with van der Waals surface area (Å²) in [4.78, 5) is 16.2. The largest absolute Gasteiger partial charge is 0.484 e. The van der Waals surface area contributed by atoms with E-state index in [1.54, 1.807) is 36.4 Å². The molecule has 3 rings (SSSR count). The summed E-state index contributed by atoms with van der Waals surface area (Å²) in [5.74, 6) is 0.101. The van der Waals surface area contributed by atoms with Crippen LogP contribution in [0, 0.1) is 11.3 Å². The number of thiazole rings is 1. The molecule has 1 N–H and O–H groups in total. The fourth-order valence-corrected chi connectivity index (χ4v) is 2.95. The number of carbonyl (C=O) groups is 1. The molecule has 6 nitrogen and oxygen atoms in total. The third kappa shape index (κ3) is 5.38. The van der Waals surface area contributed by atoms with Gasteiger partial charge in [0.15, 0.2) is 6.61 Å². The van der Waals surface area contributed by atoms with Crippen molar-refractivity contribution >= 4 is 35.1 Å². The summed E-state index contributed by atoms with van der Waals surface area (Å²) in [6, 6.07) is 15.9. The number of nitrogens with one attached hydrogen (secondary N) is 1. The van der Waals surface area contributed by atoms with Gasteiger partial charge in [0.05, 0.1) is 23.5 Å². The minimum atomic E-state index is -0.399. The number of rotatable bonds is 6. The number of aromatic nitrogens is 1. The number of hydrazone groups is 1. The molecule has 1 heterocycles. The summed E-state index contributed by atoms with van der Waals surface area (Å²) in [7, 11) is 0. The molecule has 8 heteroatoms. The van der Waals surface area contributed by atoms with Crippen molar-refractivity contribution in [3.63, 3.8) is 0 Å².